The summed E-state index contributed by atoms with van der Waals surface area (Å²) in [6, 6.07) is 8.05. The maximum absolute atomic E-state index is 12.7. The molecule has 9 heteroatoms. The molecule has 0 saturated carbocycles. The Balaban J connectivity index is 1.45. The highest BCUT2D eigenvalue weighted by atomic mass is 19.4. The van der Waals surface area contributed by atoms with Crippen molar-refractivity contribution < 1.29 is 22.8 Å². The zero-order valence-corrected chi connectivity index (χ0v) is 15.6. The molecule has 2 N–H and O–H groups in total. The lowest BCUT2D eigenvalue weighted by atomic mass is 9.96. The van der Waals surface area contributed by atoms with Crippen LogP contribution in [0.5, 0.6) is 0 Å². The van der Waals surface area contributed by atoms with E-state index in [2.05, 4.69) is 20.5 Å². The van der Waals surface area contributed by atoms with Crippen molar-refractivity contribution in [3.63, 3.8) is 0 Å². The summed E-state index contributed by atoms with van der Waals surface area (Å²) >= 11 is 0. The van der Waals surface area contributed by atoms with Crippen LogP contribution >= 0.6 is 0 Å². The highest BCUT2D eigenvalue weighted by molar-refractivity contribution is 6.39. The van der Waals surface area contributed by atoms with Crippen molar-refractivity contribution in [2.45, 2.75) is 19.0 Å². The van der Waals surface area contributed by atoms with E-state index in [0.29, 0.717) is 6.54 Å². The number of anilines is 2. The number of aromatic nitrogens is 1. The van der Waals surface area contributed by atoms with Gasteiger partial charge in [-0.1, -0.05) is 6.07 Å². The maximum atomic E-state index is 12.7. The third-order valence-corrected chi connectivity index (χ3v) is 4.85. The smallest absolute Gasteiger partial charge is 0.371 e. The van der Waals surface area contributed by atoms with E-state index in [1.54, 1.807) is 12.4 Å². The zero-order chi connectivity index (χ0) is 20.9. The first-order chi connectivity index (χ1) is 13.8. The Bertz CT molecular complexity index is 850. The summed E-state index contributed by atoms with van der Waals surface area (Å²) in [5.41, 5.74) is 0.130. The number of benzene rings is 1. The second-order valence-corrected chi connectivity index (χ2v) is 6.88. The van der Waals surface area contributed by atoms with Crippen molar-refractivity contribution >= 4 is 23.2 Å². The van der Waals surface area contributed by atoms with Gasteiger partial charge >= 0.3 is 18.0 Å². The number of hydrogen-bond donors (Lipinski definition) is 2. The van der Waals surface area contributed by atoms with Gasteiger partial charge in [-0.25, -0.2) is 0 Å². The van der Waals surface area contributed by atoms with Gasteiger partial charge in [-0.15, -0.1) is 0 Å². The third kappa shape index (κ3) is 5.69. The van der Waals surface area contributed by atoms with E-state index in [0.717, 1.165) is 43.8 Å². The van der Waals surface area contributed by atoms with Gasteiger partial charge in [-0.05, 0) is 49.1 Å². The standard InChI is InChI=1S/C20H21F3N4O2/c21-20(22,23)15-2-1-3-16(12-15)26-19(29)18(28)25-13-14-6-10-27(11-7-14)17-4-8-24-9-5-17/h1-5,8-9,12,14H,6-7,10-11,13H2,(H,25,28)(H,26,29). The van der Waals surface area contributed by atoms with Crippen molar-refractivity contribution in [3.05, 3.63) is 54.4 Å². The molecule has 154 valence electrons. The summed E-state index contributed by atoms with van der Waals surface area (Å²) in [6.45, 7) is 2.01. The number of rotatable bonds is 4. The Morgan fingerprint density at radius 2 is 1.76 bits per heavy atom. The predicted octanol–water partition coefficient (Wildman–Crippen LogP) is 3.07. The Labute approximate surface area is 166 Å². The topological polar surface area (TPSA) is 74.3 Å². The number of nitrogens with zero attached hydrogens (tertiary/aromatic N) is 2. The molecule has 29 heavy (non-hydrogen) atoms. The van der Waals surface area contributed by atoms with Crippen LogP contribution in [0.15, 0.2) is 48.8 Å². The molecule has 0 radical (unpaired) electrons. The molecule has 2 aromatic rings. The van der Waals surface area contributed by atoms with Crippen LogP contribution in [0.4, 0.5) is 24.5 Å². The van der Waals surface area contributed by atoms with Gasteiger partial charge in [0.1, 0.15) is 0 Å². The molecule has 1 aliphatic heterocycles. The highest BCUT2D eigenvalue weighted by Gasteiger charge is 2.30. The van der Waals surface area contributed by atoms with Gasteiger partial charge < -0.3 is 15.5 Å². The predicted molar refractivity (Wildman–Crippen MR) is 102 cm³/mol. The average molecular weight is 406 g/mol. The second-order valence-electron chi connectivity index (χ2n) is 6.88. The van der Waals surface area contributed by atoms with E-state index in [9.17, 15) is 22.8 Å². The lowest BCUT2D eigenvalue weighted by Gasteiger charge is -2.33. The van der Waals surface area contributed by atoms with Gasteiger partial charge in [0.15, 0.2) is 0 Å². The normalized spacial score (nSPS) is 15.1. The molecule has 0 atom stereocenters. The molecule has 2 amide bonds. The van der Waals surface area contributed by atoms with E-state index >= 15 is 0 Å². The number of hydrogen-bond acceptors (Lipinski definition) is 4. The first-order valence-corrected chi connectivity index (χ1v) is 9.24. The Hall–Kier alpha value is -3.10. The van der Waals surface area contributed by atoms with Crippen LogP contribution in [0, 0.1) is 5.92 Å². The monoisotopic (exact) mass is 406 g/mol. The van der Waals surface area contributed by atoms with Crippen molar-refractivity contribution in [2.24, 2.45) is 5.92 Å². The quantitative estimate of drug-likeness (QED) is 0.766. The summed E-state index contributed by atoms with van der Waals surface area (Å²) in [7, 11) is 0. The molecular formula is C20H21F3N4O2. The molecule has 1 aliphatic rings. The highest BCUT2D eigenvalue weighted by Crippen LogP contribution is 2.30. The molecule has 6 nitrogen and oxygen atoms in total. The first-order valence-electron chi connectivity index (χ1n) is 9.24. The fourth-order valence-corrected chi connectivity index (χ4v) is 3.23. The van der Waals surface area contributed by atoms with E-state index < -0.39 is 23.6 Å². The summed E-state index contributed by atoms with van der Waals surface area (Å²) in [4.78, 5) is 30.2. The Kier molecular flexibility index (Phi) is 6.36. The van der Waals surface area contributed by atoms with Gasteiger partial charge in [0.2, 0.25) is 0 Å². The number of nitrogens with one attached hydrogen (secondary N) is 2. The summed E-state index contributed by atoms with van der Waals surface area (Å²) in [5.74, 6) is -1.61. The maximum Gasteiger partial charge on any atom is 0.416 e. The van der Waals surface area contributed by atoms with Crippen LogP contribution < -0.4 is 15.5 Å². The molecule has 1 saturated heterocycles. The van der Waals surface area contributed by atoms with Gasteiger partial charge in [-0.2, -0.15) is 13.2 Å². The van der Waals surface area contributed by atoms with Crippen LogP contribution in [0.25, 0.3) is 0 Å². The molecule has 1 aromatic heterocycles. The molecule has 1 fully saturated rings. The molecule has 0 aliphatic carbocycles. The van der Waals surface area contributed by atoms with Gasteiger partial charge in [0.25, 0.3) is 0 Å². The molecule has 0 unspecified atom stereocenters. The molecule has 1 aromatic carbocycles. The molecule has 3 rings (SSSR count). The minimum absolute atomic E-state index is 0.0781. The lowest BCUT2D eigenvalue weighted by Crippen LogP contribution is -2.41. The van der Waals surface area contributed by atoms with Gasteiger partial charge in [0.05, 0.1) is 5.56 Å². The molecular weight excluding hydrogens is 385 g/mol. The number of carbonyl (C=O) groups is 2. The van der Waals surface area contributed by atoms with E-state index in [1.807, 2.05) is 12.1 Å². The van der Waals surface area contributed by atoms with Crippen LogP contribution in [-0.2, 0) is 15.8 Å². The van der Waals surface area contributed by atoms with Gasteiger partial charge in [-0.3, -0.25) is 14.6 Å². The number of carbonyl (C=O) groups excluding carboxylic acids is 2. The van der Waals surface area contributed by atoms with E-state index in [-0.39, 0.29) is 11.6 Å². The molecule has 0 spiro atoms. The zero-order valence-electron chi connectivity index (χ0n) is 15.6. The summed E-state index contributed by atoms with van der Waals surface area (Å²) < 4.78 is 38.2. The number of piperidine rings is 1. The average Bonchev–Trinajstić information content (AvgIpc) is 2.72. The fraction of sp³-hybridized carbons (Fsp3) is 0.350. The number of pyridine rings is 1. The van der Waals surface area contributed by atoms with Crippen molar-refractivity contribution in [1.82, 2.24) is 10.3 Å². The summed E-state index contributed by atoms with van der Waals surface area (Å²) in [6.07, 6.45) is 0.680. The van der Waals surface area contributed by atoms with Crippen molar-refractivity contribution in [1.29, 1.82) is 0 Å². The fourth-order valence-electron chi connectivity index (χ4n) is 3.23. The van der Waals surface area contributed by atoms with Crippen molar-refractivity contribution in [3.8, 4) is 0 Å². The SMILES string of the molecule is O=C(NCC1CCN(c2ccncc2)CC1)C(=O)Nc1cccc(C(F)(F)F)c1. The van der Waals surface area contributed by atoms with Crippen molar-refractivity contribution in [2.75, 3.05) is 29.9 Å². The Morgan fingerprint density at radius 1 is 1.07 bits per heavy atom. The third-order valence-electron chi connectivity index (χ3n) is 4.85. The molecule has 2 heterocycles. The lowest BCUT2D eigenvalue weighted by molar-refractivity contribution is -0.137. The second kappa shape index (κ2) is 8.93. The molecule has 0 bridgehead atoms. The van der Waals surface area contributed by atoms with E-state index in [1.165, 1.54) is 12.1 Å². The van der Waals surface area contributed by atoms with Crippen LogP contribution in [0.1, 0.15) is 18.4 Å². The van der Waals surface area contributed by atoms with Crippen LogP contribution in [0.3, 0.4) is 0 Å². The van der Waals surface area contributed by atoms with E-state index in [4.69, 9.17) is 0 Å². The minimum Gasteiger partial charge on any atom is -0.371 e. The number of amides is 2. The van der Waals surface area contributed by atoms with Crippen LogP contribution in [0.2, 0.25) is 0 Å². The Morgan fingerprint density at radius 3 is 2.41 bits per heavy atom. The van der Waals surface area contributed by atoms with Crippen LogP contribution in [-0.4, -0.2) is 36.4 Å². The number of alkyl halides is 3. The van der Waals surface area contributed by atoms with Gasteiger partial charge in [0, 0.05) is 43.4 Å². The largest absolute Gasteiger partial charge is 0.416 e. The number of halogens is 3. The summed E-state index contributed by atoms with van der Waals surface area (Å²) in [5, 5.41) is 4.78. The first kappa shape index (κ1) is 20.6. The minimum atomic E-state index is -4.52.